The number of amides is 2. The predicted molar refractivity (Wildman–Crippen MR) is 162 cm³/mol. The monoisotopic (exact) mass is 665 g/mol. The van der Waals surface area contributed by atoms with Gasteiger partial charge in [0.25, 0.3) is 5.91 Å². The molecule has 0 radical (unpaired) electrons. The summed E-state index contributed by atoms with van der Waals surface area (Å²) in [6.07, 6.45) is -9.35. The highest BCUT2D eigenvalue weighted by Crippen LogP contribution is 2.37. The number of anilines is 1. The molecule has 1 saturated heterocycles. The minimum absolute atomic E-state index is 0.0496. The molecule has 10 nitrogen and oxygen atoms in total. The number of nitrogens with zero attached hydrogens (tertiary/aromatic N) is 5. The van der Waals surface area contributed by atoms with Crippen molar-refractivity contribution in [2.45, 2.75) is 25.8 Å². The average molecular weight is 666 g/mol. The zero-order valence-electron chi connectivity index (χ0n) is 25.7. The number of ether oxygens (including phenoxy) is 1. The quantitative estimate of drug-likeness (QED) is 0.118. The van der Waals surface area contributed by atoms with Gasteiger partial charge in [-0.25, -0.2) is 9.78 Å². The fourth-order valence-electron chi connectivity index (χ4n) is 5.18. The Morgan fingerprint density at radius 1 is 0.979 bits per heavy atom. The molecule has 252 valence electrons. The molecule has 0 atom stereocenters. The van der Waals surface area contributed by atoms with Crippen LogP contribution in [0.1, 0.15) is 32.6 Å². The number of aromatic nitrogens is 1. The maximum atomic E-state index is 13.7. The Morgan fingerprint density at radius 2 is 1.60 bits per heavy atom. The van der Waals surface area contributed by atoms with Crippen molar-refractivity contribution in [1.29, 1.82) is 0 Å². The Balaban J connectivity index is 1.59. The number of hydrazone groups is 1. The zero-order valence-corrected chi connectivity index (χ0v) is 25.7. The van der Waals surface area contributed by atoms with Gasteiger partial charge in [0.2, 0.25) is 0 Å². The van der Waals surface area contributed by atoms with Crippen LogP contribution in [0.4, 0.5) is 37.0 Å². The summed E-state index contributed by atoms with van der Waals surface area (Å²) >= 11 is 0. The lowest BCUT2D eigenvalue weighted by Crippen LogP contribution is -2.50. The number of hydrogen-bond acceptors (Lipinski definition) is 8. The number of amidine groups is 1. The van der Waals surface area contributed by atoms with Crippen LogP contribution in [0.15, 0.2) is 59.8 Å². The summed E-state index contributed by atoms with van der Waals surface area (Å²) in [7, 11) is 2.53. The summed E-state index contributed by atoms with van der Waals surface area (Å²) in [6, 6.07) is 10.3. The van der Waals surface area contributed by atoms with E-state index < -0.39 is 42.0 Å². The molecule has 0 bridgehead atoms. The third kappa shape index (κ3) is 8.69. The highest BCUT2D eigenvalue weighted by atomic mass is 19.4. The number of piperazine rings is 1. The number of halogens is 6. The van der Waals surface area contributed by atoms with Crippen LogP contribution in [0.25, 0.3) is 11.1 Å². The van der Waals surface area contributed by atoms with Crippen LogP contribution in [0.5, 0.6) is 0 Å². The number of alkyl halides is 6. The van der Waals surface area contributed by atoms with Crippen molar-refractivity contribution < 1.29 is 40.7 Å². The summed E-state index contributed by atoms with van der Waals surface area (Å²) in [4.78, 5) is 34.9. The van der Waals surface area contributed by atoms with Crippen molar-refractivity contribution in [3.63, 3.8) is 0 Å². The first-order valence-electron chi connectivity index (χ1n) is 14.3. The van der Waals surface area contributed by atoms with Crippen LogP contribution in [-0.2, 0) is 23.6 Å². The Bertz CT molecular complexity index is 1600. The molecule has 2 aromatic carbocycles. The number of rotatable bonds is 7. The SMILES string of the molecule is COC(=O)N/C(CN1CCN(c2cc(-c3ccccc3C)c(C(=O)N(C)Cc3cc(C(F)(F)F)cc(C(F)(F)F)c3)cn2)CC1)=N\N. The lowest BCUT2D eigenvalue weighted by Gasteiger charge is -2.35. The van der Waals surface area contributed by atoms with Crippen molar-refractivity contribution in [2.24, 2.45) is 10.9 Å². The molecule has 2 amide bonds. The first-order valence-corrected chi connectivity index (χ1v) is 14.3. The molecule has 4 rings (SSSR count). The maximum absolute atomic E-state index is 13.7. The first kappa shape index (κ1) is 35.0. The van der Waals surface area contributed by atoms with Crippen molar-refractivity contribution >= 4 is 23.7 Å². The van der Waals surface area contributed by atoms with E-state index in [-0.39, 0.29) is 29.6 Å². The Labute approximate surface area is 266 Å². The number of aryl methyl sites for hydroxylation is 1. The number of nitrogens with two attached hydrogens (primary N) is 1. The van der Waals surface area contributed by atoms with Gasteiger partial charge in [0.1, 0.15) is 11.7 Å². The number of carbonyl (C=O) groups excluding carboxylic acids is 2. The van der Waals surface area contributed by atoms with Gasteiger partial charge in [0.15, 0.2) is 0 Å². The lowest BCUT2D eigenvalue weighted by molar-refractivity contribution is -0.143. The summed E-state index contributed by atoms with van der Waals surface area (Å²) in [5.41, 5.74) is -1.06. The average Bonchev–Trinajstić information content (AvgIpc) is 3.03. The van der Waals surface area contributed by atoms with E-state index in [2.05, 4.69) is 20.1 Å². The second-order valence-corrected chi connectivity index (χ2v) is 10.9. The molecule has 1 aliphatic rings. The van der Waals surface area contributed by atoms with Crippen molar-refractivity contribution in [1.82, 2.24) is 20.1 Å². The fourth-order valence-corrected chi connectivity index (χ4v) is 5.18. The number of nitrogens with one attached hydrogen (secondary N) is 1. The van der Waals surface area contributed by atoms with Crippen LogP contribution in [0.3, 0.4) is 0 Å². The van der Waals surface area contributed by atoms with Crippen LogP contribution in [-0.4, -0.2) is 79.5 Å². The summed E-state index contributed by atoms with van der Waals surface area (Å²) < 4.78 is 85.1. The van der Waals surface area contributed by atoms with Gasteiger partial charge >= 0.3 is 18.4 Å². The van der Waals surface area contributed by atoms with E-state index in [0.717, 1.165) is 10.5 Å². The highest BCUT2D eigenvalue weighted by Gasteiger charge is 2.37. The molecule has 1 fully saturated rings. The van der Waals surface area contributed by atoms with E-state index in [1.54, 1.807) is 12.1 Å². The summed E-state index contributed by atoms with van der Waals surface area (Å²) in [6.45, 7) is 3.79. The number of hydrogen-bond donors (Lipinski definition) is 2. The molecule has 0 aliphatic carbocycles. The molecule has 2 heterocycles. The molecule has 16 heteroatoms. The topological polar surface area (TPSA) is 116 Å². The molecule has 0 spiro atoms. The summed E-state index contributed by atoms with van der Waals surface area (Å²) in [5.74, 6) is 5.56. The van der Waals surface area contributed by atoms with Crippen molar-refractivity contribution in [2.75, 3.05) is 51.8 Å². The summed E-state index contributed by atoms with van der Waals surface area (Å²) in [5, 5.41) is 6.06. The van der Waals surface area contributed by atoms with Gasteiger partial charge in [-0.1, -0.05) is 24.3 Å². The molecule has 0 unspecified atom stereocenters. The molecule has 3 N–H and O–H groups in total. The van der Waals surface area contributed by atoms with Gasteiger partial charge < -0.3 is 20.4 Å². The molecule has 47 heavy (non-hydrogen) atoms. The van der Waals surface area contributed by atoms with E-state index in [4.69, 9.17) is 5.84 Å². The van der Waals surface area contributed by atoms with Gasteiger partial charge in [-0.15, -0.1) is 0 Å². The van der Waals surface area contributed by atoms with E-state index in [9.17, 15) is 35.9 Å². The van der Waals surface area contributed by atoms with E-state index in [1.165, 1.54) is 20.4 Å². The van der Waals surface area contributed by atoms with Crippen LogP contribution >= 0.6 is 0 Å². The molecular formula is C31H33F6N7O3. The molecule has 0 saturated carbocycles. The predicted octanol–water partition coefficient (Wildman–Crippen LogP) is 5.12. The third-order valence-electron chi connectivity index (χ3n) is 7.63. The third-order valence-corrected chi connectivity index (χ3v) is 7.63. The van der Waals surface area contributed by atoms with Gasteiger partial charge in [-0.05, 0) is 53.4 Å². The molecule has 1 aromatic heterocycles. The Kier molecular flexibility index (Phi) is 10.6. The second-order valence-electron chi connectivity index (χ2n) is 10.9. The second kappa shape index (κ2) is 14.3. The number of carbonyl (C=O) groups is 2. The normalized spacial score (nSPS) is 14.6. The van der Waals surface area contributed by atoms with Crippen LogP contribution in [0, 0.1) is 6.92 Å². The minimum Gasteiger partial charge on any atom is -0.453 e. The van der Waals surface area contributed by atoms with Crippen LogP contribution in [0.2, 0.25) is 0 Å². The minimum atomic E-state index is -5.01. The largest absolute Gasteiger partial charge is 0.453 e. The van der Waals surface area contributed by atoms with E-state index in [0.29, 0.717) is 55.3 Å². The molecular weight excluding hydrogens is 632 g/mol. The van der Waals surface area contributed by atoms with Crippen molar-refractivity contribution in [3.8, 4) is 11.1 Å². The highest BCUT2D eigenvalue weighted by molar-refractivity contribution is 6.01. The van der Waals surface area contributed by atoms with Gasteiger partial charge in [0, 0.05) is 46.0 Å². The Hall–Kier alpha value is -4.86. The van der Waals surface area contributed by atoms with Crippen LogP contribution < -0.4 is 16.1 Å². The zero-order chi connectivity index (χ0) is 34.5. The van der Waals surface area contributed by atoms with E-state index in [1.807, 2.05) is 34.9 Å². The smallest absolute Gasteiger partial charge is 0.416 e. The fraction of sp³-hybridized carbons (Fsp3) is 0.355. The standard InChI is InChI=1S/C31H33F6N7O3/c1-19-6-4-5-7-23(19)24-15-27(44-10-8-43(9-11-44)18-26(41-38)40-29(46)47-3)39-16-25(24)28(45)42(2)17-20-12-21(30(32,33)34)14-22(13-20)31(35,36)37/h4-7,12-16H,8-11,17-18,38H2,1-3H3,(H,40,41,46). The van der Waals surface area contributed by atoms with Crippen molar-refractivity contribution in [3.05, 3.63) is 82.5 Å². The number of benzene rings is 2. The van der Waals surface area contributed by atoms with Gasteiger partial charge in [0.05, 0.1) is 30.3 Å². The van der Waals surface area contributed by atoms with E-state index >= 15 is 0 Å². The van der Waals surface area contributed by atoms with Gasteiger partial charge in [-0.3, -0.25) is 15.0 Å². The van der Waals surface area contributed by atoms with Gasteiger partial charge in [-0.2, -0.15) is 31.4 Å². The number of methoxy groups -OCH3 is 1. The number of pyridine rings is 1. The Morgan fingerprint density at radius 3 is 2.15 bits per heavy atom. The lowest BCUT2D eigenvalue weighted by atomic mass is 9.96. The molecule has 1 aliphatic heterocycles. The maximum Gasteiger partial charge on any atom is 0.416 e. The number of alkyl carbamates (subject to hydrolysis) is 1. The molecule has 3 aromatic rings. The first-order chi connectivity index (χ1) is 22.1.